The number of hydrogen-bond donors (Lipinski definition) is 0. The van der Waals surface area contributed by atoms with Crippen LogP contribution in [0.1, 0.15) is 24.8 Å². The number of carbonyl (C=O) groups is 1. The molecule has 1 heterocycles. The number of rotatable bonds is 5. The number of ether oxygens (including phenoxy) is 2. The molecule has 4 heteroatoms. The Balaban J connectivity index is 1.76. The Bertz CT molecular complexity index is 422. The van der Waals surface area contributed by atoms with Crippen LogP contribution in [0, 0.1) is 6.92 Å². The van der Waals surface area contributed by atoms with Crippen LogP contribution < -0.4 is 4.74 Å². The van der Waals surface area contributed by atoms with Crippen molar-refractivity contribution in [2.24, 2.45) is 0 Å². The number of likely N-dealkylation sites (tertiary alicyclic amines) is 1. The van der Waals surface area contributed by atoms with E-state index in [1.807, 2.05) is 17.0 Å². The van der Waals surface area contributed by atoms with E-state index in [-0.39, 0.29) is 12.0 Å². The van der Waals surface area contributed by atoms with E-state index in [1.54, 1.807) is 7.11 Å². The monoisotopic (exact) mass is 277 g/mol. The van der Waals surface area contributed by atoms with Crippen molar-refractivity contribution < 1.29 is 14.3 Å². The highest BCUT2D eigenvalue weighted by Gasteiger charge is 2.23. The van der Waals surface area contributed by atoms with Gasteiger partial charge in [-0.3, -0.25) is 4.79 Å². The average Bonchev–Trinajstić information content (AvgIpc) is 2.48. The quantitative estimate of drug-likeness (QED) is 0.829. The summed E-state index contributed by atoms with van der Waals surface area (Å²) in [6.07, 6.45) is 2.48. The summed E-state index contributed by atoms with van der Waals surface area (Å²) >= 11 is 0. The molecule has 2 rings (SSSR count). The molecule has 1 aliphatic rings. The SMILES string of the molecule is COCCC(=O)N1CCC(Oc2ccc(C)cc2)CC1. The van der Waals surface area contributed by atoms with Crippen molar-refractivity contribution in [1.82, 2.24) is 4.90 Å². The predicted molar refractivity (Wildman–Crippen MR) is 77.9 cm³/mol. The Kier molecular flexibility index (Phi) is 5.41. The van der Waals surface area contributed by atoms with E-state index in [2.05, 4.69) is 19.1 Å². The zero-order valence-electron chi connectivity index (χ0n) is 12.3. The van der Waals surface area contributed by atoms with E-state index in [1.165, 1.54) is 5.56 Å². The summed E-state index contributed by atoms with van der Waals surface area (Å²) in [4.78, 5) is 13.8. The van der Waals surface area contributed by atoms with Crippen LogP contribution in [0.4, 0.5) is 0 Å². The maximum absolute atomic E-state index is 11.9. The molecule has 1 saturated heterocycles. The number of amides is 1. The van der Waals surface area contributed by atoms with Gasteiger partial charge in [0.2, 0.25) is 5.91 Å². The lowest BCUT2D eigenvalue weighted by atomic mass is 10.1. The van der Waals surface area contributed by atoms with Crippen molar-refractivity contribution in [2.45, 2.75) is 32.3 Å². The number of benzene rings is 1. The molecular formula is C16H23NO3. The van der Waals surface area contributed by atoms with Crippen LogP contribution in [0.2, 0.25) is 0 Å². The van der Waals surface area contributed by atoms with Gasteiger partial charge in [-0.25, -0.2) is 0 Å². The molecule has 0 atom stereocenters. The molecule has 1 fully saturated rings. The lowest BCUT2D eigenvalue weighted by Gasteiger charge is -2.32. The lowest BCUT2D eigenvalue weighted by Crippen LogP contribution is -2.42. The van der Waals surface area contributed by atoms with Crippen LogP contribution in [-0.4, -0.2) is 43.7 Å². The predicted octanol–water partition coefficient (Wildman–Crippen LogP) is 2.40. The molecule has 0 radical (unpaired) electrons. The second-order valence-electron chi connectivity index (χ2n) is 5.25. The average molecular weight is 277 g/mol. The van der Waals surface area contributed by atoms with Crippen LogP contribution in [0.15, 0.2) is 24.3 Å². The minimum absolute atomic E-state index is 0.181. The number of hydrogen-bond acceptors (Lipinski definition) is 3. The van der Waals surface area contributed by atoms with Gasteiger partial charge in [-0.05, 0) is 19.1 Å². The molecule has 110 valence electrons. The smallest absolute Gasteiger partial charge is 0.224 e. The second-order valence-corrected chi connectivity index (χ2v) is 5.25. The summed E-state index contributed by atoms with van der Waals surface area (Å²) in [5.74, 6) is 1.10. The van der Waals surface area contributed by atoms with E-state index in [9.17, 15) is 4.79 Å². The van der Waals surface area contributed by atoms with Crippen LogP contribution in [-0.2, 0) is 9.53 Å². The van der Waals surface area contributed by atoms with Gasteiger partial charge in [-0.2, -0.15) is 0 Å². The molecule has 1 aromatic carbocycles. The first-order valence-electron chi connectivity index (χ1n) is 7.19. The van der Waals surface area contributed by atoms with Crippen molar-refractivity contribution in [2.75, 3.05) is 26.8 Å². The molecule has 4 nitrogen and oxygen atoms in total. The standard InChI is InChI=1S/C16H23NO3/c1-13-3-5-14(6-4-13)20-15-7-10-17(11-8-15)16(18)9-12-19-2/h3-6,15H,7-12H2,1-2H3. The van der Waals surface area contributed by atoms with Gasteiger partial charge in [0.05, 0.1) is 13.0 Å². The van der Waals surface area contributed by atoms with E-state index >= 15 is 0 Å². The van der Waals surface area contributed by atoms with E-state index in [4.69, 9.17) is 9.47 Å². The third-order valence-electron chi connectivity index (χ3n) is 3.64. The minimum Gasteiger partial charge on any atom is -0.490 e. The number of aryl methyl sites for hydroxylation is 1. The van der Waals surface area contributed by atoms with Crippen LogP contribution >= 0.6 is 0 Å². The summed E-state index contributed by atoms with van der Waals surface area (Å²) in [5.41, 5.74) is 1.23. The van der Waals surface area contributed by atoms with Gasteiger partial charge in [0, 0.05) is 33.0 Å². The summed E-state index contributed by atoms with van der Waals surface area (Å²) < 4.78 is 10.9. The highest BCUT2D eigenvalue weighted by molar-refractivity contribution is 5.76. The second kappa shape index (κ2) is 7.29. The molecule has 0 saturated carbocycles. The molecular weight excluding hydrogens is 254 g/mol. The first-order chi connectivity index (χ1) is 9.69. The topological polar surface area (TPSA) is 38.8 Å². The molecule has 20 heavy (non-hydrogen) atoms. The Labute approximate surface area is 120 Å². The molecule has 0 bridgehead atoms. The van der Waals surface area contributed by atoms with Gasteiger partial charge in [0.25, 0.3) is 0 Å². The summed E-state index contributed by atoms with van der Waals surface area (Å²) in [7, 11) is 1.62. The molecule has 0 N–H and O–H groups in total. The molecule has 1 aliphatic heterocycles. The van der Waals surface area contributed by atoms with Crippen LogP contribution in [0.3, 0.4) is 0 Å². The van der Waals surface area contributed by atoms with Gasteiger partial charge >= 0.3 is 0 Å². The van der Waals surface area contributed by atoms with Gasteiger partial charge in [-0.1, -0.05) is 17.7 Å². The maximum Gasteiger partial charge on any atom is 0.224 e. The molecule has 1 amide bonds. The molecule has 0 aliphatic carbocycles. The first-order valence-corrected chi connectivity index (χ1v) is 7.19. The van der Waals surface area contributed by atoms with Crippen molar-refractivity contribution in [3.05, 3.63) is 29.8 Å². The summed E-state index contributed by atoms with van der Waals surface area (Å²) in [6.45, 7) is 4.12. The summed E-state index contributed by atoms with van der Waals surface area (Å²) in [5, 5.41) is 0. The fourth-order valence-electron chi connectivity index (χ4n) is 2.38. The van der Waals surface area contributed by atoms with E-state index < -0.39 is 0 Å². The van der Waals surface area contributed by atoms with Crippen LogP contribution in [0.25, 0.3) is 0 Å². The van der Waals surface area contributed by atoms with E-state index in [0.29, 0.717) is 13.0 Å². The van der Waals surface area contributed by atoms with E-state index in [0.717, 1.165) is 31.7 Å². The highest BCUT2D eigenvalue weighted by Crippen LogP contribution is 2.19. The van der Waals surface area contributed by atoms with Gasteiger partial charge < -0.3 is 14.4 Å². The molecule has 1 aromatic rings. The number of nitrogens with zero attached hydrogens (tertiary/aromatic N) is 1. The minimum atomic E-state index is 0.181. The first kappa shape index (κ1) is 14.9. The maximum atomic E-state index is 11.9. The number of piperidine rings is 1. The Morgan fingerprint density at radius 1 is 1.25 bits per heavy atom. The Morgan fingerprint density at radius 2 is 1.90 bits per heavy atom. The normalized spacial score (nSPS) is 16.2. The number of carbonyl (C=O) groups excluding carboxylic acids is 1. The highest BCUT2D eigenvalue weighted by atomic mass is 16.5. The van der Waals surface area contributed by atoms with Gasteiger partial charge in [-0.15, -0.1) is 0 Å². The Morgan fingerprint density at radius 3 is 2.50 bits per heavy atom. The third kappa shape index (κ3) is 4.23. The largest absolute Gasteiger partial charge is 0.490 e. The van der Waals surface area contributed by atoms with Gasteiger partial charge in [0.1, 0.15) is 11.9 Å². The summed E-state index contributed by atoms with van der Waals surface area (Å²) in [6, 6.07) is 8.12. The van der Waals surface area contributed by atoms with Crippen molar-refractivity contribution >= 4 is 5.91 Å². The van der Waals surface area contributed by atoms with Crippen molar-refractivity contribution in [3.8, 4) is 5.75 Å². The fraction of sp³-hybridized carbons (Fsp3) is 0.562. The molecule has 0 unspecified atom stereocenters. The third-order valence-corrected chi connectivity index (χ3v) is 3.64. The lowest BCUT2D eigenvalue weighted by molar-refractivity contribution is -0.133. The zero-order valence-corrected chi connectivity index (χ0v) is 12.3. The number of methoxy groups -OCH3 is 1. The van der Waals surface area contributed by atoms with Gasteiger partial charge in [0.15, 0.2) is 0 Å². The van der Waals surface area contributed by atoms with Crippen LogP contribution in [0.5, 0.6) is 5.75 Å². The molecule has 0 spiro atoms. The zero-order chi connectivity index (χ0) is 14.4. The van der Waals surface area contributed by atoms with Crippen molar-refractivity contribution in [3.63, 3.8) is 0 Å². The van der Waals surface area contributed by atoms with Crippen molar-refractivity contribution in [1.29, 1.82) is 0 Å². The Hall–Kier alpha value is -1.55. The fourth-order valence-corrected chi connectivity index (χ4v) is 2.38. The molecule has 0 aromatic heterocycles.